The summed E-state index contributed by atoms with van der Waals surface area (Å²) in [6.45, 7) is 0.843. The van der Waals surface area contributed by atoms with E-state index in [0.29, 0.717) is 18.9 Å². The van der Waals surface area contributed by atoms with E-state index in [1.807, 2.05) is 24.3 Å². The average Bonchev–Trinajstić information content (AvgIpc) is 2.49. The minimum absolute atomic E-state index is 0.228. The van der Waals surface area contributed by atoms with Crippen LogP contribution in [0.4, 0.5) is 4.79 Å². The lowest BCUT2D eigenvalue weighted by molar-refractivity contribution is 0.180. The third-order valence-electron chi connectivity index (χ3n) is 2.84. The van der Waals surface area contributed by atoms with Crippen LogP contribution in [0.1, 0.15) is 0 Å². The van der Waals surface area contributed by atoms with Gasteiger partial charge in [-0.1, -0.05) is 24.3 Å². The Balaban J connectivity index is 1.95. The second kappa shape index (κ2) is 7.31. The third-order valence-corrected chi connectivity index (χ3v) is 2.84. The topological polar surface area (TPSA) is 67.8 Å². The molecule has 110 valence electrons. The maximum absolute atomic E-state index is 11.5. The van der Waals surface area contributed by atoms with Crippen molar-refractivity contribution in [3.63, 3.8) is 0 Å². The molecule has 5 heteroatoms. The molecule has 0 aliphatic heterocycles. The minimum Gasteiger partial charge on any atom is -0.508 e. The van der Waals surface area contributed by atoms with Gasteiger partial charge in [0.1, 0.15) is 11.5 Å². The number of carbonyl (C=O) groups is 1. The summed E-state index contributed by atoms with van der Waals surface area (Å²) >= 11 is 0. The molecule has 0 fully saturated rings. The molecular formula is C16H17NO4. The Bertz CT molecular complexity index is 578. The fourth-order valence-electron chi connectivity index (χ4n) is 1.77. The number of rotatable bonds is 5. The van der Waals surface area contributed by atoms with Gasteiger partial charge in [0.15, 0.2) is 0 Å². The van der Waals surface area contributed by atoms with Gasteiger partial charge in [0, 0.05) is 13.7 Å². The van der Waals surface area contributed by atoms with Gasteiger partial charge in [0.25, 0.3) is 0 Å². The van der Waals surface area contributed by atoms with Crippen molar-refractivity contribution in [2.45, 2.75) is 0 Å². The Kier molecular flexibility index (Phi) is 5.17. The molecule has 0 aliphatic rings. The molecule has 1 amide bonds. The first-order valence-corrected chi connectivity index (χ1v) is 6.53. The van der Waals surface area contributed by atoms with Gasteiger partial charge >= 0.3 is 6.09 Å². The first-order chi connectivity index (χ1) is 10.2. The minimum atomic E-state index is -0.510. The SMILES string of the molecule is COCCNC(=O)Oc1ccc(-c2ccc(O)cc2)cc1. The summed E-state index contributed by atoms with van der Waals surface area (Å²) in [5.74, 6) is 0.693. The molecule has 21 heavy (non-hydrogen) atoms. The van der Waals surface area contributed by atoms with Crippen molar-refractivity contribution in [3.05, 3.63) is 48.5 Å². The highest BCUT2D eigenvalue weighted by atomic mass is 16.6. The van der Waals surface area contributed by atoms with Gasteiger partial charge in [-0.25, -0.2) is 4.79 Å². The molecule has 0 aliphatic carbocycles. The molecule has 0 heterocycles. The molecule has 2 N–H and O–H groups in total. The first kappa shape index (κ1) is 14.9. The molecule has 0 bridgehead atoms. The first-order valence-electron chi connectivity index (χ1n) is 6.53. The van der Waals surface area contributed by atoms with Crippen LogP contribution in [-0.2, 0) is 4.74 Å². The van der Waals surface area contributed by atoms with Gasteiger partial charge in [0.2, 0.25) is 0 Å². The molecule has 2 aromatic rings. The van der Waals surface area contributed by atoms with Crippen LogP contribution in [0.3, 0.4) is 0 Å². The number of hydrogen-bond acceptors (Lipinski definition) is 4. The van der Waals surface area contributed by atoms with Crippen LogP contribution in [0.5, 0.6) is 11.5 Å². The lowest BCUT2D eigenvalue weighted by Gasteiger charge is -2.07. The second-order valence-corrected chi connectivity index (χ2v) is 4.38. The molecule has 0 atom stereocenters. The lowest BCUT2D eigenvalue weighted by Crippen LogP contribution is -2.29. The molecule has 0 spiro atoms. The number of phenolic OH excluding ortho intramolecular Hbond substituents is 1. The fraction of sp³-hybridized carbons (Fsp3) is 0.188. The van der Waals surface area contributed by atoms with Crippen LogP contribution in [-0.4, -0.2) is 31.5 Å². The number of aromatic hydroxyl groups is 1. The van der Waals surface area contributed by atoms with Gasteiger partial charge in [-0.3, -0.25) is 0 Å². The van der Waals surface area contributed by atoms with E-state index >= 15 is 0 Å². The quantitative estimate of drug-likeness (QED) is 0.830. The van der Waals surface area contributed by atoms with Crippen LogP contribution in [0.15, 0.2) is 48.5 Å². The molecule has 2 aromatic carbocycles. The van der Waals surface area contributed by atoms with E-state index in [1.165, 1.54) is 0 Å². The summed E-state index contributed by atoms with van der Waals surface area (Å²) in [6.07, 6.45) is -0.510. The van der Waals surface area contributed by atoms with Gasteiger partial charge in [0.05, 0.1) is 6.61 Å². The zero-order chi connectivity index (χ0) is 15.1. The van der Waals surface area contributed by atoms with E-state index in [4.69, 9.17) is 9.47 Å². The van der Waals surface area contributed by atoms with Crippen molar-refractivity contribution in [1.29, 1.82) is 0 Å². The van der Waals surface area contributed by atoms with E-state index < -0.39 is 6.09 Å². The zero-order valence-corrected chi connectivity index (χ0v) is 11.7. The van der Waals surface area contributed by atoms with Gasteiger partial charge in [-0.15, -0.1) is 0 Å². The van der Waals surface area contributed by atoms with E-state index in [2.05, 4.69) is 5.32 Å². The number of hydrogen-bond donors (Lipinski definition) is 2. The van der Waals surface area contributed by atoms with Crippen molar-refractivity contribution in [2.75, 3.05) is 20.3 Å². The number of ether oxygens (including phenoxy) is 2. The smallest absolute Gasteiger partial charge is 0.412 e. The molecule has 0 radical (unpaired) electrons. The molecule has 5 nitrogen and oxygen atoms in total. The Labute approximate surface area is 123 Å². The number of carbonyl (C=O) groups excluding carboxylic acids is 1. The van der Waals surface area contributed by atoms with Crippen molar-refractivity contribution in [2.24, 2.45) is 0 Å². The van der Waals surface area contributed by atoms with Crippen molar-refractivity contribution in [1.82, 2.24) is 5.32 Å². The van der Waals surface area contributed by atoms with Crippen LogP contribution < -0.4 is 10.1 Å². The lowest BCUT2D eigenvalue weighted by atomic mass is 10.1. The highest BCUT2D eigenvalue weighted by Crippen LogP contribution is 2.24. The number of methoxy groups -OCH3 is 1. The van der Waals surface area contributed by atoms with Gasteiger partial charge < -0.3 is 19.9 Å². The Morgan fingerprint density at radius 2 is 1.62 bits per heavy atom. The average molecular weight is 287 g/mol. The van der Waals surface area contributed by atoms with Crippen molar-refractivity contribution < 1.29 is 19.4 Å². The van der Waals surface area contributed by atoms with E-state index in [0.717, 1.165) is 11.1 Å². The molecular weight excluding hydrogens is 270 g/mol. The fourth-order valence-corrected chi connectivity index (χ4v) is 1.77. The van der Waals surface area contributed by atoms with E-state index in [1.54, 1.807) is 31.4 Å². The molecule has 0 saturated carbocycles. The standard InChI is InChI=1S/C16H17NO4/c1-20-11-10-17-16(19)21-15-8-4-13(5-9-15)12-2-6-14(18)7-3-12/h2-9,18H,10-11H2,1H3,(H,17,19). The summed E-state index contributed by atoms with van der Waals surface area (Å²) < 4.78 is 9.95. The number of phenols is 1. The summed E-state index contributed by atoms with van der Waals surface area (Å²) in [5, 5.41) is 11.8. The molecule has 0 unspecified atom stereocenters. The Morgan fingerprint density at radius 1 is 1.05 bits per heavy atom. The number of amides is 1. The van der Waals surface area contributed by atoms with Crippen LogP contribution in [0.25, 0.3) is 11.1 Å². The summed E-state index contributed by atoms with van der Waals surface area (Å²) in [6, 6.07) is 14.0. The largest absolute Gasteiger partial charge is 0.508 e. The number of benzene rings is 2. The van der Waals surface area contributed by atoms with Crippen molar-refractivity contribution in [3.8, 4) is 22.6 Å². The third kappa shape index (κ3) is 4.50. The highest BCUT2D eigenvalue weighted by molar-refractivity contribution is 5.71. The van der Waals surface area contributed by atoms with Crippen LogP contribution >= 0.6 is 0 Å². The molecule has 0 saturated heterocycles. The highest BCUT2D eigenvalue weighted by Gasteiger charge is 2.04. The second-order valence-electron chi connectivity index (χ2n) is 4.38. The number of nitrogens with one attached hydrogen (secondary N) is 1. The predicted molar refractivity (Wildman–Crippen MR) is 79.4 cm³/mol. The van der Waals surface area contributed by atoms with Gasteiger partial charge in [-0.2, -0.15) is 0 Å². The maximum Gasteiger partial charge on any atom is 0.412 e. The Hall–Kier alpha value is -2.53. The monoisotopic (exact) mass is 287 g/mol. The van der Waals surface area contributed by atoms with Crippen LogP contribution in [0, 0.1) is 0 Å². The van der Waals surface area contributed by atoms with E-state index in [-0.39, 0.29) is 5.75 Å². The summed E-state index contributed by atoms with van der Waals surface area (Å²) in [7, 11) is 1.56. The van der Waals surface area contributed by atoms with Crippen molar-refractivity contribution >= 4 is 6.09 Å². The molecule has 2 rings (SSSR count). The Morgan fingerprint density at radius 3 is 2.19 bits per heavy atom. The molecule has 0 aromatic heterocycles. The normalized spacial score (nSPS) is 10.1. The van der Waals surface area contributed by atoms with Gasteiger partial charge in [-0.05, 0) is 35.4 Å². The van der Waals surface area contributed by atoms with E-state index in [9.17, 15) is 9.90 Å². The van der Waals surface area contributed by atoms with Crippen LogP contribution in [0.2, 0.25) is 0 Å². The summed E-state index contributed by atoms with van der Waals surface area (Å²) in [5.41, 5.74) is 1.95. The predicted octanol–water partition coefficient (Wildman–Crippen LogP) is 2.79. The summed E-state index contributed by atoms with van der Waals surface area (Å²) in [4.78, 5) is 11.5. The zero-order valence-electron chi connectivity index (χ0n) is 11.7. The maximum atomic E-state index is 11.5.